The third-order valence-corrected chi connectivity index (χ3v) is 4.85. The maximum absolute atomic E-state index is 12.8. The first-order chi connectivity index (χ1) is 14.3. The van der Waals surface area contributed by atoms with Gasteiger partial charge in [-0.3, -0.25) is 4.79 Å². The summed E-state index contributed by atoms with van der Waals surface area (Å²) in [6.45, 7) is 5.91. The maximum atomic E-state index is 12.8. The quantitative estimate of drug-likeness (QED) is 0.543. The van der Waals surface area contributed by atoms with E-state index in [-0.39, 0.29) is 5.78 Å². The Labute approximate surface area is 176 Å². The number of carboxylic acid groups (broad SMARTS) is 1. The summed E-state index contributed by atoms with van der Waals surface area (Å²) in [6, 6.07) is 16.9. The predicted octanol–water partition coefficient (Wildman–Crippen LogP) is 4.90. The lowest BCUT2D eigenvalue weighted by Gasteiger charge is -2.13. The van der Waals surface area contributed by atoms with Gasteiger partial charge in [-0.2, -0.15) is 0 Å². The van der Waals surface area contributed by atoms with Gasteiger partial charge in [0.2, 0.25) is 5.78 Å². The van der Waals surface area contributed by atoms with Gasteiger partial charge < -0.3 is 14.4 Å². The zero-order chi connectivity index (χ0) is 21.7. The Kier molecular flexibility index (Phi) is 6.52. The molecule has 0 bridgehead atoms. The zero-order valence-electron chi connectivity index (χ0n) is 17.3. The second-order valence-electron chi connectivity index (χ2n) is 7.27. The minimum absolute atomic E-state index is 0.0120. The molecule has 1 aromatic heterocycles. The molecule has 1 N–H and O–H groups in total. The van der Waals surface area contributed by atoms with Gasteiger partial charge in [0.1, 0.15) is 5.75 Å². The summed E-state index contributed by atoms with van der Waals surface area (Å²) >= 11 is 0. The molecule has 5 nitrogen and oxygen atoms in total. The molecule has 3 aromatic rings. The van der Waals surface area contributed by atoms with E-state index in [4.69, 9.17) is 9.84 Å². The van der Waals surface area contributed by atoms with Gasteiger partial charge in [-0.05, 0) is 50.1 Å². The van der Waals surface area contributed by atoms with E-state index in [0.717, 1.165) is 16.7 Å². The lowest BCUT2D eigenvalue weighted by atomic mass is 10.1. The number of carbonyl (C=O) groups excluding carboxylic acids is 1. The van der Waals surface area contributed by atoms with Crippen LogP contribution < -0.4 is 4.74 Å². The molecule has 3 rings (SSSR count). The summed E-state index contributed by atoms with van der Waals surface area (Å²) in [5.41, 5.74) is 4.18. The standard InChI is InChI=1S/C25H25NO4/c1-17-8-12-21(13-9-17)24(27)22-7-5-15-26(22)14-4-6-20-11-10-18(2)23(16-20)30-19(3)25(28)29/h4-13,15-16,19H,14H2,1-3H3,(H,28,29). The van der Waals surface area contributed by atoms with E-state index in [2.05, 4.69) is 0 Å². The monoisotopic (exact) mass is 403 g/mol. The molecule has 0 radical (unpaired) electrons. The molecule has 154 valence electrons. The molecule has 5 heteroatoms. The number of rotatable bonds is 8. The van der Waals surface area contributed by atoms with Crippen molar-refractivity contribution in [3.05, 3.63) is 94.8 Å². The summed E-state index contributed by atoms with van der Waals surface area (Å²) in [6.07, 6.45) is 4.85. The molecular formula is C25H25NO4. The molecule has 1 unspecified atom stereocenters. The number of ketones is 1. The maximum Gasteiger partial charge on any atom is 0.344 e. The second-order valence-corrected chi connectivity index (χ2v) is 7.27. The van der Waals surface area contributed by atoms with Crippen molar-refractivity contribution >= 4 is 17.8 Å². The molecule has 30 heavy (non-hydrogen) atoms. The summed E-state index contributed by atoms with van der Waals surface area (Å²) in [4.78, 5) is 23.8. The number of benzene rings is 2. The van der Waals surface area contributed by atoms with Gasteiger partial charge in [-0.25, -0.2) is 4.79 Å². The fourth-order valence-corrected chi connectivity index (χ4v) is 3.02. The number of allylic oxidation sites excluding steroid dienone is 1. The van der Waals surface area contributed by atoms with Gasteiger partial charge >= 0.3 is 5.97 Å². The van der Waals surface area contributed by atoms with E-state index >= 15 is 0 Å². The Balaban J connectivity index is 1.72. The first-order valence-corrected chi connectivity index (χ1v) is 9.78. The van der Waals surface area contributed by atoms with Crippen LogP contribution in [0.25, 0.3) is 6.08 Å². The first-order valence-electron chi connectivity index (χ1n) is 9.78. The third-order valence-electron chi connectivity index (χ3n) is 4.85. The molecule has 0 amide bonds. The smallest absolute Gasteiger partial charge is 0.344 e. The normalized spacial score (nSPS) is 12.1. The van der Waals surface area contributed by atoms with E-state index in [1.165, 1.54) is 6.92 Å². The average molecular weight is 403 g/mol. The highest BCUT2D eigenvalue weighted by Gasteiger charge is 2.14. The minimum Gasteiger partial charge on any atom is -0.479 e. The zero-order valence-corrected chi connectivity index (χ0v) is 17.3. The van der Waals surface area contributed by atoms with Crippen LogP contribution in [0.3, 0.4) is 0 Å². The lowest BCUT2D eigenvalue weighted by molar-refractivity contribution is -0.144. The molecule has 2 aromatic carbocycles. The highest BCUT2D eigenvalue weighted by Crippen LogP contribution is 2.22. The number of ether oxygens (including phenoxy) is 1. The molecule has 1 heterocycles. The van der Waals surface area contributed by atoms with Crippen molar-refractivity contribution in [2.24, 2.45) is 0 Å². The van der Waals surface area contributed by atoms with Crippen molar-refractivity contribution < 1.29 is 19.4 Å². The molecule has 0 aliphatic carbocycles. The van der Waals surface area contributed by atoms with Gasteiger partial charge in [0, 0.05) is 18.3 Å². The van der Waals surface area contributed by atoms with E-state index in [1.807, 2.05) is 91.4 Å². The van der Waals surface area contributed by atoms with Crippen molar-refractivity contribution in [1.82, 2.24) is 4.57 Å². The van der Waals surface area contributed by atoms with Crippen LogP contribution >= 0.6 is 0 Å². The van der Waals surface area contributed by atoms with Gasteiger partial charge in [0.05, 0.1) is 5.69 Å². The van der Waals surface area contributed by atoms with E-state index in [1.54, 1.807) is 0 Å². The van der Waals surface area contributed by atoms with Crippen LogP contribution in [-0.2, 0) is 11.3 Å². The lowest BCUT2D eigenvalue weighted by Crippen LogP contribution is -2.23. The fourth-order valence-electron chi connectivity index (χ4n) is 3.02. The molecule has 0 saturated carbocycles. The number of hydrogen-bond donors (Lipinski definition) is 1. The highest BCUT2D eigenvalue weighted by molar-refractivity contribution is 6.08. The molecule has 0 saturated heterocycles. The van der Waals surface area contributed by atoms with Crippen molar-refractivity contribution in [2.75, 3.05) is 0 Å². The van der Waals surface area contributed by atoms with Gasteiger partial charge in [-0.15, -0.1) is 0 Å². The van der Waals surface area contributed by atoms with Crippen molar-refractivity contribution in [3.63, 3.8) is 0 Å². The SMILES string of the molecule is Cc1ccc(C(=O)c2cccn2CC=Cc2ccc(C)c(OC(C)C(=O)O)c2)cc1. The largest absolute Gasteiger partial charge is 0.479 e. The van der Waals surface area contributed by atoms with Gasteiger partial charge in [-0.1, -0.05) is 54.1 Å². The Morgan fingerprint density at radius 1 is 1.10 bits per heavy atom. The Bertz CT molecular complexity index is 1080. The Hall–Kier alpha value is -3.60. The molecule has 0 spiro atoms. The second kappa shape index (κ2) is 9.27. The summed E-state index contributed by atoms with van der Waals surface area (Å²) in [5.74, 6) is -0.473. The summed E-state index contributed by atoms with van der Waals surface area (Å²) in [7, 11) is 0. The van der Waals surface area contributed by atoms with Crippen LogP contribution in [0.4, 0.5) is 0 Å². The van der Waals surface area contributed by atoms with E-state index in [9.17, 15) is 9.59 Å². The topological polar surface area (TPSA) is 68.5 Å². The van der Waals surface area contributed by atoms with Crippen molar-refractivity contribution in [1.29, 1.82) is 0 Å². The minimum atomic E-state index is -1.01. The van der Waals surface area contributed by atoms with Gasteiger partial charge in [0.15, 0.2) is 6.10 Å². The number of nitrogens with zero attached hydrogens (tertiary/aromatic N) is 1. The molecule has 0 aliphatic rings. The van der Waals surface area contributed by atoms with Crippen molar-refractivity contribution in [3.8, 4) is 5.75 Å². The average Bonchev–Trinajstić information content (AvgIpc) is 3.18. The van der Waals surface area contributed by atoms with E-state index in [0.29, 0.717) is 23.6 Å². The Morgan fingerprint density at radius 2 is 1.83 bits per heavy atom. The number of aliphatic carboxylic acids is 1. The number of carboxylic acids is 1. The van der Waals surface area contributed by atoms with Crippen LogP contribution in [-0.4, -0.2) is 27.5 Å². The number of carbonyl (C=O) groups is 2. The van der Waals surface area contributed by atoms with E-state index < -0.39 is 12.1 Å². The van der Waals surface area contributed by atoms with Crippen LogP contribution in [0.5, 0.6) is 5.75 Å². The first kappa shape index (κ1) is 21.1. The predicted molar refractivity (Wildman–Crippen MR) is 117 cm³/mol. The number of hydrogen-bond acceptors (Lipinski definition) is 3. The fraction of sp³-hybridized carbons (Fsp3) is 0.200. The number of aromatic nitrogens is 1. The summed E-state index contributed by atoms with van der Waals surface area (Å²) in [5, 5.41) is 9.05. The van der Waals surface area contributed by atoms with Crippen LogP contribution in [0, 0.1) is 13.8 Å². The molecule has 0 fully saturated rings. The third kappa shape index (κ3) is 5.06. The van der Waals surface area contributed by atoms with Crippen LogP contribution in [0.1, 0.15) is 39.7 Å². The molecule has 0 aliphatic heterocycles. The highest BCUT2D eigenvalue weighted by atomic mass is 16.5. The van der Waals surface area contributed by atoms with Crippen molar-refractivity contribution in [2.45, 2.75) is 33.4 Å². The van der Waals surface area contributed by atoms with Crippen LogP contribution in [0.15, 0.2) is 66.9 Å². The van der Waals surface area contributed by atoms with Crippen LogP contribution in [0.2, 0.25) is 0 Å². The summed E-state index contributed by atoms with van der Waals surface area (Å²) < 4.78 is 7.42. The Morgan fingerprint density at radius 3 is 2.53 bits per heavy atom. The number of aryl methyl sites for hydroxylation is 2. The van der Waals surface area contributed by atoms with Gasteiger partial charge in [0.25, 0.3) is 0 Å². The molecular weight excluding hydrogens is 378 g/mol. The molecule has 1 atom stereocenters.